The summed E-state index contributed by atoms with van der Waals surface area (Å²) < 4.78 is 3.26. The molecule has 0 aliphatic carbocycles. The van der Waals surface area contributed by atoms with E-state index in [2.05, 4.69) is 6.07 Å². The third-order valence-corrected chi connectivity index (χ3v) is 4.72. The molecule has 0 aliphatic rings. The molecule has 138 valence electrons. The highest BCUT2D eigenvalue weighted by atomic mass is 16.6. The summed E-state index contributed by atoms with van der Waals surface area (Å²) in [4.78, 5) is 22.9. The number of rotatable bonds is 5. The van der Waals surface area contributed by atoms with Crippen LogP contribution in [0.15, 0.2) is 48.7 Å². The summed E-state index contributed by atoms with van der Waals surface area (Å²) >= 11 is 0. The van der Waals surface area contributed by atoms with E-state index >= 15 is 0 Å². The van der Waals surface area contributed by atoms with Gasteiger partial charge in [0, 0.05) is 30.9 Å². The number of hydrogen-bond acceptors (Lipinski definition) is 4. The van der Waals surface area contributed by atoms with Crippen LogP contribution in [0.1, 0.15) is 21.5 Å². The SMILES string of the molecule is Cc1ccc(-c2cn(CC(=O)c3cccc([N+](=O)[O-])c3)c(=N)n2C)cc1C. The van der Waals surface area contributed by atoms with E-state index in [0.717, 1.165) is 16.8 Å². The Morgan fingerprint density at radius 1 is 1.15 bits per heavy atom. The molecule has 0 spiro atoms. The van der Waals surface area contributed by atoms with Gasteiger partial charge in [0.05, 0.1) is 17.2 Å². The molecule has 3 rings (SSSR count). The minimum Gasteiger partial charge on any atom is -0.314 e. The molecule has 0 bridgehead atoms. The molecule has 3 aromatic rings. The summed E-state index contributed by atoms with van der Waals surface area (Å²) in [6.45, 7) is 4.01. The molecule has 7 nitrogen and oxygen atoms in total. The van der Waals surface area contributed by atoms with Crippen molar-refractivity contribution in [2.75, 3.05) is 0 Å². The number of nitrogens with one attached hydrogen (secondary N) is 1. The standard InChI is InChI=1S/C20H20N4O3/c1-13-7-8-15(9-14(13)2)18-11-23(20(21)22(18)3)12-19(25)16-5-4-6-17(10-16)24(26)27/h4-11,21H,12H2,1-3H3. The largest absolute Gasteiger partial charge is 0.314 e. The first-order chi connectivity index (χ1) is 12.8. The molecule has 27 heavy (non-hydrogen) atoms. The summed E-state index contributed by atoms with van der Waals surface area (Å²) in [5.41, 5.74) is 4.45. The van der Waals surface area contributed by atoms with Crippen molar-refractivity contribution in [3.63, 3.8) is 0 Å². The molecule has 0 atom stereocenters. The van der Waals surface area contributed by atoms with Crippen molar-refractivity contribution in [2.45, 2.75) is 20.4 Å². The van der Waals surface area contributed by atoms with Crippen LogP contribution in [0, 0.1) is 29.4 Å². The fraction of sp³-hybridized carbons (Fsp3) is 0.200. The third-order valence-electron chi connectivity index (χ3n) is 4.72. The average Bonchev–Trinajstić information content (AvgIpc) is 2.92. The van der Waals surface area contributed by atoms with Gasteiger partial charge in [-0.05, 0) is 36.6 Å². The quantitative estimate of drug-likeness (QED) is 0.427. The summed E-state index contributed by atoms with van der Waals surface area (Å²) in [7, 11) is 1.78. The number of hydrogen-bond donors (Lipinski definition) is 1. The van der Waals surface area contributed by atoms with E-state index in [0.29, 0.717) is 0 Å². The van der Waals surface area contributed by atoms with Gasteiger partial charge < -0.3 is 9.13 Å². The van der Waals surface area contributed by atoms with Gasteiger partial charge in [0.1, 0.15) is 0 Å². The molecule has 1 heterocycles. The minimum absolute atomic E-state index is 0.0569. The fourth-order valence-electron chi connectivity index (χ4n) is 2.93. The van der Waals surface area contributed by atoms with Crippen LogP contribution in [-0.2, 0) is 13.6 Å². The van der Waals surface area contributed by atoms with Crippen molar-refractivity contribution in [3.05, 3.63) is 81.1 Å². The number of carbonyl (C=O) groups excluding carboxylic acids is 1. The topological polar surface area (TPSA) is 93.9 Å². The van der Waals surface area contributed by atoms with Crippen LogP contribution >= 0.6 is 0 Å². The number of aromatic nitrogens is 2. The van der Waals surface area contributed by atoms with E-state index in [1.54, 1.807) is 28.4 Å². The highest BCUT2D eigenvalue weighted by Crippen LogP contribution is 2.21. The number of nitro benzene ring substituents is 1. The highest BCUT2D eigenvalue weighted by molar-refractivity contribution is 5.96. The van der Waals surface area contributed by atoms with Gasteiger partial charge in [-0.3, -0.25) is 20.3 Å². The molecule has 1 aromatic heterocycles. The second kappa shape index (κ2) is 7.03. The van der Waals surface area contributed by atoms with Gasteiger partial charge >= 0.3 is 0 Å². The Morgan fingerprint density at radius 2 is 1.89 bits per heavy atom. The zero-order valence-electron chi connectivity index (χ0n) is 15.4. The summed E-state index contributed by atoms with van der Waals surface area (Å²) in [6, 6.07) is 11.7. The molecule has 0 amide bonds. The molecular formula is C20H20N4O3. The Labute approximate surface area is 156 Å². The Hall–Kier alpha value is -3.48. The highest BCUT2D eigenvalue weighted by Gasteiger charge is 2.15. The van der Waals surface area contributed by atoms with Crippen LogP contribution < -0.4 is 5.62 Å². The lowest BCUT2D eigenvalue weighted by Gasteiger charge is -2.05. The second-order valence-electron chi connectivity index (χ2n) is 6.55. The fourth-order valence-corrected chi connectivity index (χ4v) is 2.93. The predicted molar refractivity (Wildman–Crippen MR) is 102 cm³/mol. The number of imidazole rings is 1. The number of ketones is 1. The summed E-state index contributed by atoms with van der Waals surface area (Å²) in [5, 5.41) is 19.2. The summed E-state index contributed by atoms with van der Waals surface area (Å²) in [6.07, 6.45) is 1.77. The van der Waals surface area contributed by atoms with Crippen LogP contribution in [0.25, 0.3) is 11.3 Å². The van der Waals surface area contributed by atoms with E-state index in [9.17, 15) is 14.9 Å². The second-order valence-corrected chi connectivity index (χ2v) is 6.55. The average molecular weight is 364 g/mol. The van der Waals surface area contributed by atoms with Crippen molar-refractivity contribution < 1.29 is 9.72 Å². The predicted octanol–water partition coefficient (Wildman–Crippen LogP) is 3.38. The zero-order chi connectivity index (χ0) is 19.7. The molecule has 7 heteroatoms. The van der Waals surface area contributed by atoms with Gasteiger partial charge in [-0.2, -0.15) is 0 Å². The Balaban J connectivity index is 1.93. The Kier molecular flexibility index (Phi) is 4.77. The number of aryl methyl sites for hydroxylation is 2. The maximum atomic E-state index is 12.6. The number of Topliss-reactive ketones (excluding diaryl/α,β-unsaturated/α-hetero) is 1. The number of nitrogens with zero attached hydrogens (tertiary/aromatic N) is 3. The Morgan fingerprint density at radius 3 is 2.56 bits per heavy atom. The number of carbonyl (C=O) groups is 1. The van der Waals surface area contributed by atoms with Crippen LogP contribution in [-0.4, -0.2) is 19.8 Å². The van der Waals surface area contributed by atoms with Crippen molar-refractivity contribution in [1.82, 2.24) is 9.13 Å². The lowest BCUT2D eigenvalue weighted by atomic mass is 10.0. The molecular weight excluding hydrogens is 344 g/mol. The number of non-ortho nitro benzene ring substituents is 1. The van der Waals surface area contributed by atoms with Crippen LogP contribution in [0.2, 0.25) is 0 Å². The van der Waals surface area contributed by atoms with Crippen LogP contribution in [0.4, 0.5) is 5.69 Å². The minimum atomic E-state index is -0.528. The number of nitro groups is 1. The molecule has 0 aliphatic heterocycles. The van der Waals surface area contributed by atoms with Crippen molar-refractivity contribution >= 4 is 11.5 Å². The van der Waals surface area contributed by atoms with Crippen molar-refractivity contribution in [2.24, 2.45) is 7.05 Å². The maximum Gasteiger partial charge on any atom is 0.270 e. The van der Waals surface area contributed by atoms with Gasteiger partial charge in [0.25, 0.3) is 5.69 Å². The molecule has 0 radical (unpaired) electrons. The normalized spacial score (nSPS) is 10.8. The van der Waals surface area contributed by atoms with Gasteiger partial charge in [-0.1, -0.05) is 24.3 Å². The zero-order valence-corrected chi connectivity index (χ0v) is 15.4. The summed E-state index contributed by atoms with van der Waals surface area (Å²) in [5.74, 6) is -0.283. The molecule has 1 N–H and O–H groups in total. The lowest BCUT2D eigenvalue weighted by Crippen LogP contribution is -2.25. The first-order valence-electron chi connectivity index (χ1n) is 8.44. The van der Waals surface area contributed by atoms with Gasteiger partial charge in [-0.15, -0.1) is 0 Å². The van der Waals surface area contributed by atoms with E-state index in [1.807, 2.05) is 26.0 Å². The molecule has 2 aromatic carbocycles. The van der Waals surface area contributed by atoms with E-state index in [1.165, 1.54) is 23.8 Å². The van der Waals surface area contributed by atoms with Gasteiger partial charge in [0.15, 0.2) is 5.78 Å². The maximum absolute atomic E-state index is 12.6. The first kappa shape index (κ1) is 18.3. The van der Waals surface area contributed by atoms with Crippen LogP contribution in [0.5, 0.6) is 0 Å². The van der Waals surface area contributed by atoms with Gasteiger partial charge in [-0.25, -0.2) is 0 Å². The lowest BCUT2D eigenvalue weighted by molar-refractivity contribution is -0.384. The smallest absolute Gasteiger partial charge is 0.270 e. The van der Waals surface area contributed by atoms with Gasteiger partial charge in [0.2, 0.25) is 5.62 Å². The Bertz CT molecular complexity index is 1110. The molecule has 0 saturated carbocycles. The van der Waals surface area contributed by atoms with Crippen molar-refractivity contribution in [1.29, 1.82) is 5.41 Å². The third kappa shape index (κ3) is 3.57. The molecule has 0 saturated heterocycles. The molecule has 0 unspecified atom stereocenters. The van der Waals surface area contributed by atoms with Crippen molar-refractivity contribution in [3.8, 4) is 11.3 Å². The first-order valence-corrected chi connectivity index (χ1v) is 8.44. The molecule has 0 fully saturated rings. The number of benzene rings is 2. The van der Waals surface area contributed by atoms with E-state index in [4.69, 9.17) is 5.41 Å². The van der Waals surface area contributed by atoms with Crippen LogP contribution in [0.3, 0.4) is 0 Å². The van der Waals surface area contributed by atoms with E-state index < -0.39 is 4.92 Å². The monoisotopic (exact) mass is 364 g/mol. The van der Waals surface area contributed by atoms with E-state index in [-0.39, 0.29) is 29.2 Å².